The van der Waals surface area contributed by atoms with E-state index in [4.69, 9.17) is 15.0 Å². The minimum atomic E-state index is 0.662. The van der Waals surface area contributed by atoms with Crippen LogP contribution in [0.1, 0.15) is 0 Å². The molecule has 0 spiro atoms. The second kappa shape index (κ2) is 13.5. The van der Waals surface area contributed by atoms with Gasteiger partial charge in [0, 0.05) is 57.0 Å². The van der Waals surface area contributed by atoms with Gasteiger partial charge < -0.3 is 0 Å². The monoisotopic (exact) mass is 749 g/mol. The Hall–Kier alpha value is -6.79. The minimum Gasteiger partial charge on any atom is -0.208 e. The summed E-state index contributed by atoms with van der Waals surface area (Å²) in [5.41, 5.74) is 10.2. The summed E-state index contributed by atoms with van der Waals surface area (Å²) in [6.45, 7) is 0. The van der Waals surface area contributed by atoms with Gasteiger partial charge in [-0.3, -0.25) is 0 Å². The van der Waals surface area contributed by atoms with Gasteiger partial charge in [-0.25, -0.2) is 15.0 Å². The standard InChI is InChI=1S/C51H31N3S2/c1-4-14-32(15-5-1)36-28-37(33-16-6-2-7-17-33)30-38(29-36)39-21-12-22-43-41-27-26-35(31-46(41)56-47(39)43)50-52-49(34-18-8-3-9-19-34)53-51(54-50)44-24-13-23-42-40-20-10-11-25-45(40)55-48(42)44/h1-31H. The summed E-state index contributed by atoms with van der Waals surface area (Å²) in [5, 5.41) is 4.95. The Morgan fingerprint density at radius 1 is 0.268 bits per heavy atom. The van der Waals surface area contributed by atoms with Crippen LogP contribution in [0.5, 0.6) is 0 Å². The van der Waals surface area contributed by atoms with Crippen LogP contribution in [-0.2, 0) is 0 Å². The third-order valence-electron chi connectivity index (χ3n) is 10.5. The molecule has 3 heterocycles. The van der Waals surface area contributed by atoms with Crippen LogP contribution in [0.3, 0.4) is 0 Å². The van der Waals surface area contributed by atoms with Crippen LogP contribution in [0.15, 0.2) is 188 Å². The van der Waals surface area contributed by atoms with E-state index in [1.807, 2.05) is 29.5 Å². The van der Waals surface area contributed by atoms with Gasteiger partial charge in [0.15, 0.2) is 17.5 Å². The van der Waals surface area contributed by atoms with Gasteiger partial charge in [-0.2, -0.15) is 0 Å². The van der Waals surface area contributed by atoms with Crippen molar-refractivity contribution in [2.24, 2.45) is 0 Å². The van der Waals surface area contributed by atoms with Gasteiger partial charge in [-0.15, -0.1) is 22.7 Å². The molecule has 8 aromatic carbocycles. The molecule has 0 unspecified atom stereocenters. The van der Waals surface area contributed by atoms with E-state index in [1.54, 1.807) is 11.3 Å². The first kappa shape index (κ1) is 32.6. The molecule has 3 nitrogen and oxygen atoms in total. The molecule has 0 atom stereocenters. The molecule has 0 saturated heterocycles. The van der Waals surface area contributed by atoms with Crippen LogP contribution in [0.25, 0.3) is 108 Å². The maximum absolute atomic E-state index is 5.21. The average Bonchev–Trinajstić information content (AvgIpc) is 3.85. The smallest absolute Gasteiger partial charge is 0.165 e. The maximum Gasteiger partial charge on any atom is 0.165 e. The van der Waals surface area contributed by atoms with Gasteiger partial charge in [0.2, 0.25) is 0 Å². The largest absolute Gasteiger partial charge is 0.208 e. The lowest BCUT2D eigenvalue weighted by molar-refractivity contribution is 1.08. The zero-order chi connectivity index (χ0) is 37.0. The number of thiophene rings is 2. The molecule has 0 aliphatic heterocycles. The molecule has 262 valence electrons. The van der Waals surface area contributed by atoms with Crippen molar-refractivity contribution in [2.45, 2.75) is 0 Å². The number of aromatic nitrogens is 3. The van der Waals surface area contributed by atoms with Gasteiger partial charge in [-0.05, 0) is 69.8 Å². The molecule has 0 amide bonds. The summed E-state index contributed by atoms with van der Waals surface area (Å²) in [6.07, 6.45) is 0. The van der Waals surface area contributed by atoms with E-state index < -0.39 is 0 Å². The van der Waals surface area contributed by atoms with Crippen LogP contribution >= 0.6 is 22.7 Å². The van der Waals surface area contributed by atoms with Crippen LogP contribution in [-0.4, -0.2) is 15.0 Å². The van der Waals surface area contributed by atoms with Gasteiger partial charge >= 0.3 is 0 Å². The zero-order valence-electron chi connectivity index (χ0n) is 30.1. The molecule has 5 heteroatoms. The molecule has 0 radical (unpaired) electrons. The van der Waals surface area contributed by atoms with E-state index in [-0.39, 0.29) is 0 Å². The molecule has 0 bridgehead atoms. The fraction of sp³-hybridized carbons (Fsp3) is 0. The Kier molecular flexibility index (Phi) is 7.87. The van der Waals surface area contributed by atoms with Crippen LogP contribution in [0, 0.1) is 0 Å². The lowest BCUT2D eigenvalue weighted by atomic mass is 9.93. The highest BCUT2D eigenvalue weighted by atomic mass is 32.1. The van der Waals surface area contributed by atoms with Crippen molar-refractivity contribution in [1.82, 2.24) is 15.0 Å². The number of hydrogen-bond acceptors (Lipinski definition) is 5. The molecular formula is C51H31N3S2. The van der Waals surface area contributed by atoms with Gasteiger partial charge in [0.05, 0.1) is 0 Å². The van der Waals surface area contributed by atoms with E-state index in [1.165, 1.54) is 73.7 Å². The Labute approximate surface area is 331 Å². The topological polar surface area (TPSA) is 38.7 Å². The molecule has 56 heavy (non-hydrogen) atoms. The van der Waals surface area contributed by atoms with E-state index in [2.05, 4.69) is 170 Å². The molecule has 11 rings (SSSR count). The third-order valence-corrected chi connectivity index (χ3v) is 12.9. The molecule has 3 aromatic heterocycles. The van der Waals surface area contributed by atoms with E-state index >= 15 is 0 Å². The van der Waals surface area contributed by atoms with Crippen molar-refractivity contribution in [3.05, 3.63) is 188 Å². The molecule has 11 aromatic rings. The molecule has 0 N–H and O–H groups in total. The first-order chi connectivity index (χ1) is 27.7. The van der Waals surface area contributed by atoms with Crippen molar-refractivity contribution in [2.75, 3.05) is 0 Å². The zero-order valence-corrected chi connectivity index (χ0v) is 31.7. The summed E-state index contributed by atoms with van der Waals surface area (Å²) in [4.78, 5) is 15.4. The van der Waals surface area contributed by atoms with Crippen LogP contribution < -0.4 is 0 Å². The molecule has 0 aliphatic carbocycles. The van der Waals surface area contributed by atoms with Crippen molar-refractivity contribution < 1.29 is 0 Å². The number of benzene rings is 8. The molecule has 0 saturated carbocycles. The molecular weight excluding hydrogens is 719 g/mol. The lowest BCUT2D eigenvalue weighted by Gasteiger charge is -2.12. The average molecular weight is 750 g/mol. The van der Waals surface area contributed by atoms with E-state index in [0.29, 0.717) is 17.5 Å². The quantitative estimate of drug-likeness (QED) is 0.170. The fourth-order valence-electron chi connectivity index (χ4n) is 7.81. The SMILES string of the molecule is c1ccc(-c2cc(-c3ccccc3)cc(-c3cccc4c3sc3cc(-c5nc(-c6ccccc6)nc(-c6cccc7c6sc6ccccc67)n5)ccc34)c2)cc1. The third kappa shape index (κ3) is 5.68. The number of rotatable bonds is 6. The summed E-state index contributed by atoms with van der Waals surface area (Å²) >= 11 is 3.62. The Morgan fingerprint density at radius 3 is 1.43 bits per heavy atom. The van der Waals surface area contributed by atoms with E-state index in [9.17, 15) is 0 Å². The second-order valence-corrected chi connectivity index (χ2v) is 16.1. The lowest BCUT2D eigenvalue weighted by Crippen LogP contribution is -2.00. The van der Waals surface area contributed by atoms with E-state index in [0.717, 1.165) is 16.7 Å². The predicted octanol–water partition coefficient (Wildman–Crippen LogP) is 14.6. The fourth-order valence-corrected chi connectivity index (χ4v) is 10.3. The Bertz CT molecular complexity index is 3180. The van der Waals surface area contributed by atoms with Gasteiger partial charge in [0.25, 0.3) is 0 Å². The second-order valence-electron chi connectivity index (χ2n) is 14.0. The number of nitrogens with zero attached hydrogens (tertiary/aromatic N) is 3. The number of hydrogen-bond donors (Lipinski definition) is 0. The van der Waals surface area contributed by atoms with Gasteiger partial charge in [0.1, 0.15) is 0 Å². The first-order valence-corrected chi connectivity index (χ1v) is 20.3. The Morgan fingerprint density at radius 2 is 0.750 bits per heavy atom. The Balaban J connectivity index is 1.07. The molecule has 0 aliphatic rings. The van der Waals surface area contributed by atoms with Crippen LogP contribution in [0.2, 0.25) is 0 Å². The first-order valence-electron chi connectivity index (χ1n) is 18.7. The van der Waals surface area contributed by atoms with Crippen molar-refractivity contribution in [3.8, 4) is 67.5 Å². The molecule has 0 fully saturated rings. The summed E-state index contributed by atoms with van der Waals surface area (Å²) in [5.74, 6) is 2.00. The highest BCUT2D eigenvalue weighted by Crippen LogP contribution is 2.44. The van der Waals surface area contributed by atoms with Crippen molar-refractivity contribution >= 4 is 63.0 Å². The predicted molar refractivity (Wildman–Crippen MR) is 238 cm³/mol. The minimum absolute atomic E-state index is 0.662. The number of fused-ring (bicyclic) bond motifs is 6. The highest BCUT2D eigenvalue weighted by molar-refractivity contribution is 7.26. The highest BCUT2D eigenvalue weighted by Gasteiger charge is 2.18. The van der Waals surface area contributed by atoms with Gasteiger partial charge in [-0.1, -0.05) is 152 Å². The normalized spacial score (nSPS) is 11.6. The summed E-state index contributed by atoms with van der Waals surface area (Å²) in [6, 6.07) is 66.9. The van der Waals surface area contributed by atoms with Crippen molar-refractivity contribution in [1.29, 1.82) is 0 Å². The summed E-state index contributed by atoms with van der Waals surface area (Å²) < 4.78 is 4.90. The maximum atomic E-state index is 5.21. The van der Waals surface area contributed by atoms with Crippen LogP contribution in [0.4, 0.5) is 0 Å². The summed E-state index contributed by atoms with van der Waals surface area (Å²) in [7, 11) is 0. The van der Waals surface area contributed by atoms with Crippen molar-refractivity contribution in [3.63, 3.8) is 0 Å².